The van der Waals surface area contributed by atoms with E-state index in [4.69, 9.17) is 41.0 Å². The Hall–Kier alpha value is -8.10. The summed E-state index contributed by atoms with van der Waals surface area (Å²) in [5, 5.41) is 25.1. The van der Waals surface area contributed by atoms with Crippen LogP contribution >= 0.6 is 0 Å². The average molecular weight is 916 g/mol. The van der Waals surface area contributed by atoms with Crippen molar-refractivity contribution < 1.29 is 38.6 Å². The number of rotatable bonds is 23. The van der Waals surface area contributed by atoms with E-state index in [1.807, 2.05) is 59.7 Å². The van der Waals surface area contributed by atoms with Crippen molar-refractivity contribution in [2.75, 3.05) is 32.1 Å². The number of Topliss-reactive ketones (excluding diaryl/α,β-unsaturated/α-hetero) is 1. The molecule has 67 heavy (non-hydrogen) atoms. The van der Waals surface area contributed by atoms with E-state index in [0.717, 1.165) is 17.1 Å². The molecule has 21 nitrogen and oxygen atoms in total. The van der Waals surface area contributed by atoms with Gasteiger partial charge in [-0.1, -0.05) is 12.2 Å². The van der Waals surface area contributed by atoms with Gasteiger partial charge in [0.15, 0.2) is 11.6 Å². The molecule has 0 aliphatic rings. The lowest BCUT2D eigenvalue weighted by molar-refractivity contribution is -0.137. The molecule has 21 heteroatoms. The maximum absolute atomic E-state index is 13.5. The minimum atomic E-state index is -0.962. The number of hydrogen-bond acceptors (Lipinski definition) is 13. The second-order valence-corrected chi connectivity index (χ2v) is 15.8. The van der Waals surface area contributed by atoms with Gasteiger partial charge in [-0.3, -0.25) is 33.3 Å². The van der Waals surface area contributed by atoms with E-state index in [1.165, 1.54) is 7.11 Å². The van der Waals surface area contributed by atoms with Gasteiger partial charge in [-0.05, 0) is 76.9 Å². The van der Waals surface area contributed by atoms with E-state index in [-0.39, 0.29) is 74.9 Å². The highest BCUT2D eigenvalue weighted by Gasteiger charge is 2.23. The molecule has 0 saturated heterocycles. The Labute approximate surface area is 384 Å². The number of hydrogen-bond donors (Lipinski definition) is 5. The zero-order valence-electron chi connectivity index (χ0n) is 38.0. The summed E-state index contributed by atoms with van der Waals surface area (Å²) in [7, 11) is 1.48. The van der Waals surface area contributed by atoms with Crippen LogP contribution in [0, 0.1) is 13.8 Å². The predicted octanol–water partition coefficient (Wildman–Crippen LogP) is 4.55. The van der Waals surface area contributed by atoms with Crippen molar-refractivity contribution in [1.82, 2.24) is 49.0 Å². The number of carbonyl (C=O) groups excluding carboxylic acids is 4. The van der Waals surface area contributed by atoms with Gasteiger partial charge in [-0.2, -0.15) is 10.2 Å². The molecule has 7 aromatic rings. The number of anilines is 1. The van der Waals surface area contributed by atoms with Crippen LogP contribution in [0.5, 0.6) is 11.5 Å². The van der Waals surface area contributed by atoms with Crippen LogP contribution in [0.2, 0.25) is 0 Å². The van der Waals surface area contributed by atoms with Crippen LogP contribution in [0.25, 0.3) is 44.5 Å². The van der Waals surface area contributed by atoms with E-state index in [0.29, 0.717) is 81.4 Å². The monoisotopic (exact) mass is 915 g/mol. The Balaban J connectivity index is 1.25. The summed E-state index contributed by atoms with van der Waals surface area (Å²) < 4.78 is 19.4. The van der Waals surface area contributed by atoms with Gasteiger partial charge in [-0.25, -0.2) is 15.0 Å². The number of nitrogens with one attached hydrogen (secondary N) is 2. The second kappa shape index (κ2) is 20.4. The molecular weight excluding hydrogens is 863 g/mol. The van der Waals surface area contributed by atoms with Crippen molar-refractivity contribution in [3.05, 3.63) is 83.0 Å². The van der Waals surface area contributed by atoms with E-state index in [1.54, 1.807) is 41.2 Å². The molecule has 5 aromatic heterocycles. The smallest absolute Gasteiger partial charge is 0.303 e. The van der Waals surface area contributed by atoms with Gasteiger partial charge in [0, 0.05) is 73.7 Å². The van der Waals surface area contributed by atoms with Crippen molar-refractivity contribution in [3.63, 3.8) is 0 Å². The third kappa shape index (κ3) is 10.2. The third-order valence-electron chi connectivity index (χ3n) is 11.0. The van der Waals surface area contributed by atoms with Crippen molar-refractivity contribution in [2.24, 2.45) is 11.5 Å². The molecule has 7 N–H and O–H groups in total. The first-order chi connectivity index (χ1) is 32.2. The molecule has 0 bridgehead atoms. The number of carboxylic acids is 1. The van der Waals surface area contributed by atoms with E-state index >= 15 is 0 Å². The summed E-state index contributed by atoms with van der Waals surface area (Å²) in [6.45, 7) is 9.53. The van der Waals surface area contributed by atoms with Gasteiger partial charge in [-0.15, -0.1) is 0 Å². The fourth-order valence-electron chi connectivity index (χ4n) is 7.92. The fourth-order valence-corrected chi connectivity index (χ4v) is 7.92. The van der Waals surface area contributed by atoms with E-state index < -0.39 is 17.8 Å². The maximum atomic E-state index is 13.5. The van der Waals surface area contributed by atoms with Crippen LogP contribution < -0.4 is 31.6 Å². The van der Waals surface area contributed by atoms with Gasteiger partial charge in [0.05, 0.1) is 42.7 Å². The van der Waals surface area contributed by atoms with E-state index in [2.05, 4.69) is 20.8 Å². The SMILES string of the molecule is CCn1nc(C)cc1C(=O)CNc1nc2cc(C(N)=O)cc(OC)c2n1C/C=C/Cn1c2nc(-c3cc(C)nn3CC)ncc2c2cc(C(N)=O)cc(OCCCNC(=O)CCCC(=O)O)c21. The van der Waals surface area contributed by atoms with Crippen molar-refractivity contribution in [3.8, 4) is 23.0 Å². The number of aliphatic carboxylic acids is 1. The van der Waals surface area contributed by atoms with Gasteiger partial charge in [0.1, 0.15) is 34.1 Å². The first-order valence-corrected chi connectivity index (χ1v) is 21.8. The number of benzene rings is 2. The largest absolute Gasteiger partial charge is 0.494 e. The minimum absolute atomic E-state index is 0.0912. The van der Waals surface area contributed by atoms with Crippen molar-refractivity contribution >= 4 is 68.4 Å². The Bertz CT molecular complexity index is 3070. The molecule has 0 aliphatic heterocycles. The molecule has 350 valence electrons. The molecule has 5 heterocycles. The maximum Gasteiger partial charge on any atom is 0.303 e. The van der Waals surface area contributed by atoms with Crippen LogP contribution in [-0.4, -0.2) is 105 Å². The molecule has 0 spiro atoms. The minimum Gasteiger partial charge on any atom is -0.494 e. The highest BCUT2D eigenvalue weighted by atomic mass is 16.5. The lowest BCUT2D eigenvalue weighted by Crippen LogP contribution is -2.25. The summed E-state index contributed by atoms with van der Waals surface area (Å²) in [4.78, 5) is 76.2. The van der Waals surface area contributed by atoms with Crippen molar-refractivity contribution in [1.29, 1.82) is 0 Å². The Morgan fingerprint density at radius 3 is 2.18 bits per heavy atom. The van der Waals surface area contributed by atoms with Gasteiger partial charge in [0.25, 0.3) is 0 Å². The van der Waals surface area contributed by atoms with E-state index in [9.17, 15) is 24.0 Å². The van der Waals surface area contributed by atoms with Crippen LogP contribution in [0.4, 0.5) is 5.95 Å². The molecule has 0 radical (unpaired) electrons. The summed E-state index contributed by atoms with van der Waals surface area (Å²) in [5.74, 6) is -1.24. The van der Waals surface area contributed by atoms with Gasteiger partial charge >= 0.3 is 5.97 Å². The van der Waals surface area contributed by atoms with Gasteiger partial charge < -0.3 is 45.8 Å². The average Bonchev–Trinajstić information content (AvgIpc) is 4.07. The number of imidazole rings is 1. The molecule has 0 saturated carbocycles. The summed E-state index contributed by atoms with van der Waals surface area (Å²) in [6, 6.07) is 10.0. The summed E-state index contributed by atoms with van der Waals surface area (Å²) in [6.07, 6.45) is 6.18. The Kier molecular flexibility index (Phi) is 14.3. The fraction of sp³-hybridized carbons (Fsp3) is 0.348. The molecule has 0 atom stereocenters. The molecule has 7 rings (SSSR count). The van der Waals surface area contributed by atoms with Crippen LogP contribution in [0.3, 0.4) is 0 Å². The summed E-state index contributed by atoms with van der Waals surface area (Å²) in [5.41, 5.74) is 16.8. The highest BCUT2D eigenvalue weighted by molar-refractivity contribution is 6.12. The predicted molar refractivity (Wildman–Crippen MR) is 249 cm³/mol. The quantitative estimate of drug-likeness (QED) is 0.0335. The molecule has 3 amide bonds. The van der Waals surface area contributed by atoms with Crippen LogP contribution in [0.15, 0.2) is 54.7 Å². The number of ketones is 1. The third-order valence-corrected chi connectivity index (χ3v) is 11.0. The topological polar surface area (TPSA) is 284 Å². The normalized spacial score (nSPS) is 11.5. The first kappa shape index (κ1) is 46.9. The lowest BCUT2D eigenvalue weighted by Gasteiger charge is -2.13. The molecule has 2 aromatic carbocycles. The molecule has 0 aliphatic carbocycles. The van der Waals surface area contributed by atoms with Crippen LogP contribution in [-0.2, 0) is 35.8 Å². The zero-order valence-corrected chi connectivity index (χ0v) is 38.0. The molecule has 0 unspecified atom stereocenters. The zero-order chi connectivity index (χ0) is 47.9. The number of carboxylic acid groups (broad SMARTS) is 1. The number of fused-ring (bicyclic) bond motifs is 4. The number of primary amides is 2. The second-order valence-electron chi connectivity index (χ2n) is 15.8. The molecular formula is C46H53N13O8. The Morgan fingerprint density at radius 1 is 0.791 bits per heavy atom. The highest BCUT2D eigenvalue weighted by Crippen LogP contribution is 2.37. The van der Waals surface area contributed by atoms with Gasteiger partial charge in [0.2, 0.25) is 23.7 Å². The number of methoxy groups -OCH3 is 1. The standard InChI is InChI=1S/C46H53N13O8/c1-6-58-33(18-26(3)54-58)35(60)25-51-46-52-32-21-29(43(48)65)22-36(66-5)41(32)57(46)16-9-8-15-56-40-30(31-24-50-44(53-45(31)56)34-19-27(4)55-59(34)7-2)20-28(42(47)64)23-37(40)67-17-11-14-49-38(61)12-10-13-39(62)63/h8-9,18-24H,6-7,10-17,25H2,1-5H3,(H2,47,64)(H2,48,65)(H,49,61)(H,51,52)(H,62,63)/b9-8+. The number of aromatic nitrogens is 9. The number of nitrogens with two attached hydrogens (primary N) is 2. The summed E-state index contributed by atoms with van der Waals surface area (Å²) >= 11 is 0. The number of allylic oxidation sites excluding steroid dienone is 2. The van der Waals surface area contributed by atoms with Crippen LogP contribution in [0.1, 0.15) is 82.1 Å². The number of nitrogens with zero attached hydrogens (tertiary/aromatic N) is 9. The Morgan fingerprint density at radius 2 is 1.48 bits per heavy atom. The lowest BCUT2D eigenvalue weighted by atomic mass is 10.1. The number of ether oxygens (including phenoxy) is 2. The molecule has 0 fully saturated rings. The first-order valence-electron chi connectivity index (χ1n) is 21.8. The van der Waals surface area contributed by atoms with Crippen molar-refractivity contribution in [2.45, 2.75) is 79.6 Å². The number of carbonyl (C=O) groups is 5. The number of amides is 3. The number of aryl methyl sites for hydroxylation is 4.